The van der Waals surface area contributed by atoms with Gasteiger partial charge in [-0.05, 0) is 42.0 Å². The zero-order valence-electron chi connectivity index (χ0n) is 18.2. The molecule has 0 saturated carbocycles. The van der Waals surface area contributed by atoms with Crippen LogP contribution in [0.3, 0.4) is 0 Å². The Morgan fingerprint density at radius 3 is 2.60 bits per heavy atom. The summed E-state index contributed by atoms with van der Waals surface area (Å²) in [6.07, 6.45) is 1.30. The van der Waals surface area contributed by atoms with Crippen molar-refractivity contribution in [3.63, 3.8) is 0 Å². The van der Waals surface area contributed by atoms with E-state index in [-0.39, 0.29) is 17.2 Å². The number of hydrogen-bond acceptors (Lipinski definition) is 4. The standard InChI is InChI=1S/C25H29N3O2/c1-17-6-5-7-18(14-17)12-13-28-16-20(15-22(28)29)23-26-24(30-27-23)19-8-10-21(11-9-19)25(2,3)4/h5-11,14,20H,12-13,15-16H2,1-4H3. The van der Waals surface area contributed by atoms with Gasteiger partial charge in [0.05, 0.1) is 0 Å². The number of carbonyl (C=O) groups is 1. The molecule has 0 aliphatic carbocycles. The Hall–Kier alpha value is -2.95. The lowest BCUT2D eigenvalue weighted by Gasteiger charge is -2.18. The van der Waals surface area contributed by atoms with Crippen LogP contribution in [0.4, 0.5) is 0 Å². The van der Waals surface area contributed by atoms with E-state index in [1.165, 1.54) is 16.7 Å². The Kier molecular flexibility index (Phi) is 5.46. The molecule has 4 rings (SSSR count). The normalized spacial score (nSPS) is 17.0. The summed E-state index contributed by atoms with van der Waals surface area (Å²) in [6, 6.07) is 16.7. The average Bonchev–Trinajstić information content (AvgIpc) is 3.33. The van der Waals surface area contributed by atoms with Gasteiger partial charge in [0.2, 0.25) is 5.91 Å². The summed E-state index contributed by atoms with van der Waals surface area (Å²) in [4.78, 5) is 19.0. The zero-order chi connectivity index (χ0) is 21.3. The van der Waals surface area contributed by atoms with Gasteiger partial charge in [-0.3, -0.25) is 4.79 Å². The monoisotopic (exact) mass is 403 g/mol. The summed E-state index contributed by atoms with van der Waals surface area (Å²) in [5.74, 6) is 1.28. The molecular formula is C25H29N3O2. The molecule has 0 radical (unpaired) electrons. The summed E-state index contributed by atoms with van der Waals surface area (Å²) >= 11 is 0. The van der Waals surface area contributed by atoms with Crippen molar-refractivity contribution < 1.29 is 9.32 Å². The minimum Gasteiger partial charge on any atom is -0.342 e. The molecule has 1 saturated heterocycles. The van der Waals surface area contributed by atoms with Crippen LogP contribution < -0.4 is 0 Å². The molecule has 1 aliphatic heterocycles. The third-order valence-electron chi connectivity index (χ3n) is 5.77. The molecule has 1 atom stereocenters. The first-order chi connectivity index (χ1) is 14.3. The van der Waals surface area contributed by atoms with Crippen LogP contribution in [0.25, 0.3) is 11.5 Å². The minimum absolute atomic E-state index is 0.0126. The fraction of sp³-hybridized carbons (Fsp3) is 0.400. The van der Waals surface area contributed by atoms with Gasteiger partial charge in [0.1, 0.15) is 0 Å². The van der Waals surface area contributed by atoms with E-state index in [0.717, 1.165) is 18.5 Å². The second kappa shape index (κ2) is 8.05. The molecular weight excluding hydrogens is 374 g/mol. The Morgan fingerprint density at radius 1 is 1.13 bits per heavy atom. The molecule has 1 aliphatic rings. The highest BCUT2D eigenvalue weighted by atomic mass is 16.5. The van der Waals surface area contributed by atoms with Gasteiger partial charge in [-0.15, -0.1) is 0 Å². The van der Waals surface area contributed by atoms with Crippen molar-refractivity contribution in [2.45, 2.75) is 51.9 Å². The lowest BCUT2D eigenvalue weighted by molar-refractivity contribution is -0.127. The van der Waals surface area contributed by atoms with Crippen LogP contribution in [-0.4, -0.2) is 34.0 Å². The third kappa shape index (κ3) is 4.45. The second-order valence-corrected chi connectivity index (χ2v) is 9.26. The highest BCUT2D eigenvalue weighted by molar-refractivity contribution is 5.79. The van der Waals surface area contributed by atoms with Crippen molar-refractivity contribution >= 4 is 5.91 Å². The van der Waals surface area contributed by atoms with E-state index in [9.17, 15) is 4.79 Å². The minimum atomic E-state index is -0.0126. The Balaban J connectivity index is 1.41. The van der Waals surface area contributed by atoms with Crippen molar-refractivity contribution in [3.05, 3.63) is 71.0 Å². The first-order valence-electron chi connectivity index (χ1n) is 10.6. The summed E-state index contributed by atoms with van der Waals surface area (Å²) in [5, 5.41) is 4.18. The highest BCUT2D eigenvalue weighted by Crippen LogP contribution is 2.29. The lowest BCUT2D eigenvalue weighted by atomic mass is 9.87. The summed E-state index contributed by atoms with van der Waals surface area (Å²) in [7, 11) is 0. The average molecular weight is 404 g/mol. The van der Waals surface area contributed by atoms with Crippen LogP contribution in [-0.2, 0) is 16.6 Å². The van der Waals surface area contributed by atoms with E-state index in [4.69, 9.17) is 4.52 Å². The third-order valence-corrected chi connectivity index (χ3v) is 5.77. The van der Waals surface area contributed by atoms with Gasteiger partial charge < -0.3 is 9.42 Å². The number of amides is 1. The molecule has 3 aromatic rings. The number of nitrogens with zero attached hydrogens (tertiary/aromatic N) is 3. The van der Waals surface area contributed by atoms with Gasteiger partial charge in [-0.25, -0.2) is 0 Å². The smallest absolute Gasteiger partial charge is 0.257 e. The van der Waals surface area contributed by atoms with Crippen LogP contribution in [0.2, 0.25) is 0 Å². The molecule has 30 heavy (non-hydrogen) atoms. The van der Waals surface area contributed by atoms with Crippen molar-refractivity contribution in [3.8, 4) is 11.5 Å². The maximum absolute atomic E-state index is 12.5. The number of benzene rings is 2. The van der Waals surface area contributed by atoms with Crippen molar-refractivity contribution in [2.24, 2.45) is 0 Å². The van der Waals surface area contributed by atoms with Gasteiger partial charge in [-0.2, -0.15) is 4.98 Å². The van der Waals surface area contributed by atoms with Crippen molar-refractivity contribution in [2.75, 3.05) is 13.1 Å². The van der Waals surface area contributed by atoms with Gasteiger partial charge in [0.25, 0.3) is 5.89 Å². The fourth-order valence-corrected chi connectivity index (χ4v) is 3.92. The maximum atomic E-state index is 12.5. The van der Waals surface area contributed by atoms with Crippen LogP contribution in [0, 0.1) is 6.92 Å². The maximum Gasteiger partial charge on any atom is 0.257 e. The predicted octanol–water partition coefficient (Wildman–Crippen LogP) is 4.90. The Morgan fingerprint density at radius 2 is 1.90 bits per heavy atom. The van der Waals surface area contributed by atoms with Crippen LogP contribution in [0.1, 0.15) is 55.6 Å². The summed E-state index contributed by atoms with van der Waals surface area (Å²) in [6.45, 7) is 10.0. The molecule has 5 nitrogen and oxygen atoms in total. The summed E-state index contributed by atoms with van der Waals surface area (Å²) < 4.78 is 5.51. The molecule has 0 N–H and O–H groups in total. The Labute approximate surface area is 178 Å². The molecule has 0 spiro atoms. The zero-order valence-corrected chi connectivity index (χ0v) is 18.2. The van der Waals surface area contributed by atoms with Crippen molar-refractivity contribution in [1.29, 1.82) is 0 Å². The molecule has 156 valence electrons. The SMILES string of the molecule is Cc1cccc(CCN2CC(c3noc(-c4ccc(C(C)(C)C)cc4)n3)CC2=O)c1. The van der Waals surface area contributed by atoms with Gasteiger partial charge in [-0.1, -0.05) is 67.9 Å². The number of rotatable bonds is 5. The van der Waals surface area contributed by atoms with Crippen molar-refractivity contribution in [1.82, 2.24) is 15.0 Å². The number of hydrogen-bond donors (Lipinski definition) is 0. The predicted molar refractivity (Wildman–Crippen MR) is 117 cm³/mol. The van der Waals surface area contributed by atoms with Crippen LogP contribution in [0.15, 0.2) is 53.1 Å². The number of likely N-dealkylation sites (tertiary alicyclic amines) is 1. The largest absolute Gasteiger partial charge is 0.342 e. The number of carbonyl (C=O) groups excluding carboxylic acids is 1. The second-order valence-electron chi connectivity index (χ2n) is 9.26. The lowest BCUT2D eigenvalue weighted by Crippen LogP contribution is -2.27. The van der Waals surface area contributed by atoms with E-state index >= 15 is 0 Å². The molecule has 1 fully saturated rings. The molecule has 0 bridgehead atoms. The van der Waals surface area contributed by atoms with E-state index in [1.54, 1.807) is 0 Å². The number of aromatic nitrogens is 2. The molecule has 1 amide bonds. The Bertz CT molecular complexity index is 1030. The van der Waals surface area contributed by atoms with E-state index in [0.29, 0.717) is 24.7 Å². The topological polar surface area (TPSA) is 59.2 Å². The fourth-order valence-electron chi connectivity index (χ4n) is 3.92. The van der Waals surface area contributed by atoms with Crippen LogP contribution >= 0.6 is 0 Å². The molecule has 2 heterocycles. The quantitative estimate of drug-likeness (QED) is 0.608. The first kappa shape index (κ1) is 20.3. The van der Waals surface area contributed by atoms with Gasteiger partial charge >= 0.3 is 0 Å². The van der Waals surface area contributed by atoms with E-state index in [1.807, 2.05) is 17.0 Å². The molecule has 5 heteroatoms. The number of aryl methyl sites for hydroxylation is 1. The van der Waals surface area contributed by atoms with E-state index in [2.05, 4.69) is 74.2 Å². The highest BCUT2D eigenvalue weighted by Gasteiger charge is 2.33. The first-order valence-corrected chi connectivity index (χ1v) is 10.6. The van der Waals surface area contributed by atoms with Gasteiger partial charge in [0, 0.05) is 31.0 Å². The van der Waals surface area contributed by atoms with Crippen LogP contribution in [0.5, 0.6) is 0 Å². The molecule has 2 aromatic carbocycles. The van der Waals surface area contributed by atoms with E-state index < -0.39 is 0 Å². The van der Waals surface area contributed by atoms with Gasteiger partial charge in [0.15, 0.2) is 5.82 Å². The molecule has 1 unspecified atom stereocenters. The summed E-state index contributed by atoms with van der Waals surface area (Å²) in [5.41, 5.74) is 4.77. The molecule has 1 aromatic heterocycles.